The number of benzene rings is 2. The number of methoxy groups -OCH3 is 1. The van der Waals surface area contributed by atoms with Crippen LogP contribution in [-0.4, -0.2) is 45.6 Å². The second kappa shape index (κ2) is 8.80. The lowest BCUT2D eigenvalue weighted by molar-refractivity contribution is 0.240. The van der Waals surface area contributed by atoms with Gasteiger partial charge in [-0.2, -0.15) is 0 Å². The van der Waals surface area contributed by atoms with Gasteiger partial charge in [0.2, 0.25) is 10.0 Å². The summed E-state index contributed by atoms with van der Waals surface area (Å²) in [4.78, 5) is 2.82. The van der Waals surface area contributed by atoms with Crippen molar-refractivity contribution in [1.82, 2.24) is 9.62 Å². The summed E-state index contributed by atoms with van der Waals surface area (Å²) in [7, 11) is -2.00. The quantitative estimate of drug-likeness (QED) is 0.722. The van der Waals surface area contributed by atoms with Crippen molar-refractivity contribution >= 4 is 20.8 Å². The lowest BCUT2D eigenvalue weighted by atomic mass is 10.1. The molecule has 1 N–H and O–H groups in total. The van der Waals surface area contributed by atoms with Crippen LogP contribution >= 0.6 is 0 Å². The van der Waals surface area contributed by atoms with E-state index < -0.39 is 10.0 Å². The molecule has 2 aromatic rings. The van der Waals surface area contributed by atoms with Crippen molar-refractivity contribution in [2.24, 2.45) is 5.92 Å². The van der Waals surface area contributed by atoms with Gasteiger partial charge < -0.3 is 9.64 Å². The van der Waals surface area contributed by atoms with Gasteiger partial charge in [-0.05, 0) is 64.3 Å². The molecular formula is C22H32N2O3S. The first-order valence-electron chi connectivity index (χ1n) is 10.2. The van der Waals surface area contributed by atoms with E-state index >= 15 is 0 Å². The largest absolute Gasteiger partial charge is 0.496 e. The highest BCUT2D eigenvalue weighted by Crippen LogP contribution is 2.31. The van der Waals surface area contributed by atoms with Gasteiger partial charge in [0, 0.05) is 22.9 Å². The molecule has 6 heteroatoms. The Kier molecular flexibility index (Phi) is 6.63. The third kappa shape index (κ3) is 4.50. The first-order valence-corrected chi connectivity index (χ1v) is 11.6. The van der Waals surface area contributed by atoms with Crippen LogP contribution in [0.5, 0.6) is 5.75 Å². The summed E-state index contributed by atoms with van der Waals surface area (Å²) in [5, 5.41) is 1.49. The maximum atomic E-state index is 13.0. The molecule has 0 amide bonds. The van der Waals surface area contributed by atoms with Crippen LogP contribution in [0.3, 0.4) is 0 Å². The summed E-state index contributed by atoms with van der Waals surface area (Å²) in [5.74, 6) is 1.43. The molecule has 154 valence electrons. The fourth-order valence-electron chi connectivity index (χ4n) is 4.13. The van der Waals surface area contributed by atoms with Crippen LogP contribution in [0.25, 0.3) is 10.8 Å². The van der Waals surface area contributed by atoms with E-state index in [1.54, 1.807) is 19.2 Å². The van der Waals surface area contributed by atoms with E-state index in [1.807, 2.05) is 31.2 Å². The Morgan fingerprint density at radius 1 is 1.18 bits per heavy atom. The minimum Gasteiger partial charge on any atom is -0.496 e. The molecular weight excluding hydrogens is 372 g/mol. The Labute approximate surface area is 169 Å². The molecule has 0 aliphatic carbocycles. The first kappa shape index (κ1) is 21.1. The smallest absolute Gasteiger partial charge is 0.241 e. The van der Waals surface area contributed by atoms with Crippen LogP contribution in [-0.2, 0) is 10.0 Å². The molecule has 1 saturated heterocycles. The Morgan fingerprint density at radius 2 is 1.89 bits per heavy atom. The molecule has 1 aliphatic rings. The van der Waals surface area contributed by atoms with Gasteiger partial charge in [0.1, 0.15) is 5.75 Å². The SMILES string of the molecule is COc1ccc(S(=O)(=O)NC(C)CCCN2CCC(C)C2C)c2ccccc12. The van der Waals surface area contributed by atoms with Gasteiger partial charge in [0.15, 0.2) is 0 Å². The second-order valence-electron chi connectivity index (χ2n) is 8.02. The Bertz CT molecular complexity index is 913. The van der Waals surface area contributed by atoms with Crippen LogP contribution in [0.2, 0.25) is 0 Å². The fraction of sp³-hybridized carbons (Fsp3) is 0.545. The Balaban J connectivity index is 1.66. The van der Waals surface area contributed by atoms with E-state index in [2.05, 4.69) is 23.5 Å². The third-order valence-electron chi connectivity index (χ3n) is 6.06. The summed E-state index contributed by atoms with van der Waals surface area (Å²) in [6.45, 7) is 8.72. The van der Waals surface area contributed by atoms with Crippen LogP contribution in [0.4, 0.5) is 0 Å². The molecule has 0 saturated carbocycles. The van der Waals surface area contributed by atoms with E-state index in [-0.39, 0.29) is 6.04 Å². The standard InChI is InChI=1S/C22H32N2O3S/c1-16-13-15-24(18(16)3)14-7-8-17(2)23-28(25,26)22-12-11-21(27-4)19-9-5-6-10-20(19)22/h5-6,9-12,16-18,23H,7-8,13-15H2,1-4H3. The van der Waals surface area contributed by atoms with Gasteiger partial charge in [-0.1, -0.05) is 31.2 Å². The molecule has 0 bridgehead atoms. The average molecular weight is 405 g/mol. The van der Waals surface area contributed by atoms with E-state index in [0.717, 1.165) is 37.2 Å². The number of ether oxygens (including phenoxy) is 1. The summed E-state index contributed by atoms with van der Waals surface area (Å²) < 4.78 is 34.3. The molecule has 0 radical (unpaired) electrons. The number of hydrogen-bond donors (Lipinski definition) is 1. The highest BCUT2D eigenvalue weighted by Gasteiger charge is 2.27. The Morgan fingerprint density at radius 3 is 2.54 bits per heavy atom. The number of hydrogen-bond acceptors (Lipinski definition) is 4. The van der Waals surface area contributed by atoms with Gasteiger partial charge >= 0.3 is 0 Å². The van der Waals surface area contributed by atoms with Crippen molar-refractivity contribution < 1.29 is 13.2 Å². The zero-order valence-corrected chi connectivity index (χ0v) is 18.1. The van der Waals surface area contributed by atoms with Crippen molar-refractivity contribution in [3.63, 3.8) is 0 Å². The van der Waals surface area contributed by atoms with Crippen molar-refractivity contribution in [3.05, 3.63) is 36.4 Å². The van der Waals surface area contributed by atoms with E-state index in [0.29, 0.717) is 22.1 Å². The molecule has 3 atom stereocenters. The molecule has 1 aliphatic heterocycles. The van der Waals surface area contributed by atoms with Gasteiger partial charge in [-0.25, -0.2) is 13.1 Å². The van der Waals surface area contributed by atoms with Crippen molar-refractivity contribution in [2.75, 3.05) is 20.2 Å². The maximum Gasteiger partial charge on any atom is 0.241 e. The second-order valence-corrected chi connectivity index (χ2v) is 9.70. The van der Waals surface area contributed by atoms with E-state index in [9.17, 15) is 8.42 Å². The first-order chi connectivity index (χ1) is 13.3. The van der Waals surface area contributed by atoms with E-state index in [4.69, 9.17) is 4.74 Å². The van der Waals surface area contributed by atoms with Crippen molar-refractivity contribution in [2.45, 2.75) is 57.0 Å². The van der Waals surface area contributed by atoms with Gasteiger partial charge in [-0.3, -0.25) is 0 Å². The average Bonchev–Trinajstić information content (AvgIpc) is 2.98. The van der Waals surface area contributed by atoms with Crippen LogP contribution < -0.4 is 9.46 Å². The number of nitrogens with zero attached hydrogens (tertiary/aromatic N) is 1. The van der Waals surface area contributed by atoms with Gasteiger partial charge in [0.05, 0.1) is 12.0 Å². The third-order valence-corrected chi connectivity index (χ3v) is 7.71. The summed E-state index contributed by atoms with van der Waals surface area (Å²) in [6, 6.07) is 11.3. The minimum absolute atomic E-state index is 0.110. The Hall–Kier alpha value is -1.63. The molecule has 0 aromatic heterocycles. The zero-order valence-electron chi connectivity index (χ0n) is 17.3. The summed E-state index contributed by atoms with van der Waals surface area (Å²) in [6.07, 6.45) is 3.07. The number of nitrogens with one attached hydrogen (secondary N) is 1. The van der Waals surface area contributed by atoms with Crippen LogP contribution in [0.15, 0.2) is 41.3 Å². The molecule has 2 aromatic carbocycles. The van der Waals surface area contributed by atoms with Gasteiger partial charge in [-0.15, -0.1) is 0 Å². The highest BCUT2D eigenvalue weighted by atomic mass is 32.2. The normalized spacial score (nSPS) is 21.9. The maximum absolute atomic E-state index is 13.0. The van der Waals surface area contributed by atoms with E-state index in [1.165, 1.54) is 6.42 Å². The predicted molar refractivity (Wildman–Crippen MR) is 114 cm³/mol. The van der Waals surface area contributed by atoms with Crippen LogP contribution in [0, 0.1) is 5.92 Å². The van der Waals surface area contributed by atoms with Crippen molar-refractivity contribution in [1.29, 1.82) is 0 Å². The monoisotopic (exact) mass is 404 g/mol. The number of sulfonamides is 1. The molecule has 5 nitrogen and oxygen atoms in total. The topological polar surface area (TPSA) is 58.6 Å². The lowest BCUT2D eigenvalue weighted by Crippen LogP contribution is -2.34. The lowest BCUT2D eigenvalue weighted by Gasteiger charge is -2.24. The fourth-order valence-corrected chi connectivity index (χ4v) is 5.62. The molecule has 3 rings (SSSR count). The molecule has 1 heterocycles. The number of rotatable bonds is 8. The van der Waals surface area contributed by atoms with Crippen molar-refractivity contribution in [3.8, 4) is 5.75 Å². The summed E-state index contributed by atoms with van der Waals surface area (Å²) in [5.41, 5.74) is 0. The molecule has 3 unspecified atom stereocenters. The van der Waals surface area contributed by atoms with Crippen LogP contribution in [0.1, 0.15) is 40.0 Å². The molecule has 28 heavy (non-hydrogen) atoms. The molecule has 0 spiro atoms. The predicted octanol–water partition coefficient (Wildman–Crippen LogP) is 4.03. The summed E-state index contributed by atoms with van der Waals surface area (Å²) >= 11 is 0. The highest BCUT2D eigenvalue weighted by molar-refractivity contribution is 7.89. The van der Waals surface area contributed by atoms with Gasteiger partial charge in [0.25, 0.3) is 0 Å². The number of fused-ring (bicyclic) bond motifs is 1. The molecule has 1 fully saturated rings. The number of likely N-dealkylation sites (tertiary alicyclic amines) is 1. The zero-order chi connectivity index (χ0) is 20.3. The minimum atomic E-state index is -3.60.